The lowest BCUT2D eigenvalue weighted by Crippen LogP contribution is -2.13. The molecule has 20 heavy (non-hydrogen) atoms. The van der Waals surface area contributed by atoms with Crippen LogP contribution in [-0.4, -0.2) is 13.0 Å². The number of methoxy groups -OCH3 is 1. The number of nitrogens with one attached hydrogen (secondary N) is 1. The fourth-order valence-electron chi connectivity index (χ4n) is 1.65. The molecule has 0 unspecified atom stereocenters. The molecule has 2 rings (SSSR count). The van der Waals surface area contributed by atoms with Gasteiger partial charge in [-0.15, -0.1) is 0 Å². The Morgan fingerprint density at radius 3 is 2.25 bits per heavy atom. The molecule has 0 aliphatic carbocycles. The van der Waals surface area contributed by atoms with Crippen molar-refractivity contribution in [1.29, 1.82) is 0 Å². The molecule has 0 radical (unpaired) electrons. The molecule has 0 saturated carbocycles. The minimum Gasteiger partial charge on any atom is -0.495 e. The Morgan fingerprint density at radius 2 is 1.70 bits per heavy atom. The summed E-state index contributed by atoms with van der Waals surface area (Å²) in [6.07, 6.45) is 0. The second-order valence-corrected chi connectivity index (χ2v) is 5.12. The number of rotatable bonds is 3. The minimum atomic E-state index is -0.401. The molecular weight excluding hydrogens is 321 g/mol. The second-order valence-electron chi connectivity index (χ2n) is 3.90. The van der Waals surface area contributed by atoms with Gasteiger partial charge in [-0.25, -0.2) is 0 Å². The standard InChI is InChI=1S/C14H10Cl3NO2/c1-20-12-6-5-8(7-11(12)17)18-14(19)13-9(15)3-2-4-10(13)16/h2-7H,1H3,(H,18,19). The van der Waals surface area contributed by atoms with E-state index in [0.717, 1.165) is 0 Å². The van der Waals surface area contributed by atoms with Gasteiger partial charge in [-0.1, -0.05) is 40.9 Å². The summed E-state index contributed by atoms with van der Waals surface area (Å²) in [5, 5.41) is 3.66. The van der Waals surface area contributed by atoms with E-state index >= 15 is 0 Å². The number of carbonyl (C=O) groups is 1. The summed E-state index contributed by atoms with van der Waals surface area (Å²) in [6.45, 7) is 0. The van der Waals surface area contributed by atoms with Crippen LogP contribution in [0.4, 0.5) is 5.69 Å². The molecule has 104 valence electrons. The molecule has 0 aliphatic rings. The van der Waals surface area contributed by atoms with E-state index in [0.29, 0.717) is 16.5 Å². The molecule has 0 aromatic heterocycles. The summed E-state index contributed by atoms with van der Waals surface area (Å²) in [4.78, 5) is 12.2. The van der Waals surface area contributed by atoms with E-state index in [4.69, 9.17) is 39.5 Å². The normalized spacial score (nSPS) is 10.2. The largest absolute Gasteiger partial charge is 0.495 e. The fourth-order valence-corrected chi connectivity index (χ4v) is 2.48. The molecule has 2 aromatic carbocycles. The van der Waals surface area contributed by atoms with Crippen molar-refractivity contribution in [1.82, 2.24) is 0 Å². The lowest BCUT2D eigenvalue weighted by atomic mass is 10.2. The maximum atomic E-state index is 12.2. The average molecular weight is 331 g/mol. The summed E-state index contributed by atoms with van der Waals surface area (Å²) in [7, 11) is 1.52. The van der Waals surface area contributed by atoms with Gasteiger partial charge in [0, 0.05) is 5.69 Å². The summed E-state index contributed by atoms with van der Waals surface area (Å²) in [5.41, 5.74) is 0.750. The Bertz CT molecular complexity index is 639. The third-order valence-electron chi connectivity index (χ3n) is 2.60. The first-order valence-corrected chi connectivity index (χ1v) is 6.75. The maximum Gasteiger partial charge on any atom is 0.258 e. The van der Waals surface area contributed by atoms with Gasteiger partial charge in [-0.05, 0) is 30.3 Å². The van der Waals surface area contributed by atoms with Crippen molar-refractivity contribution >= 4 is 46.4 Å². The van der Waals surface area contributed by atoms with Gasteiger partial charge in [0.25, 0.3) is 5.91 Å². The van der Waals surface area contributed by atoms with Crippen molar-refractivity contribution in [2.24, 2.45) is 0 Å². The molecule has 6 heteroatoms. The quantitative estimate of drug-likeness (QED) is 0.868. The molecule has 0 bridgehead atoms. The summed E-state index contributed by atoms with van der Waals surface area (Å²) in [6, 6.07) is 9.79. The van der Waals surface area contributed by atoms with Crippen molar-refractivity contribution in [3.8, 4) is 5.75 Å². The zero-order valence-corrected chi connectivity index (χ0v) is 12.7. The van der Waals surface area contributed by atoms with Crippen LogP contribution in [0, 0.1) is 0 Å². The Hall–Kier alpha value is -1.42. The van der Waals surface area contributed by atoms with Gasteiger partial charge >= 0.3 is 0 Å². The molecule has 0 aliphatic heterocycles. The Balaban J connectivity index is 2.26. The van der Waals surface area contributed by atoms with E-state index in [2.05, 4.69) is 5.32 Å². The highest BCUT2D eigenvalue weighted by atomic mass is 35.5. The predicted octanol–water partition coefficient (Wildman–Crippen LogP) is 4.91. The fraction of sp³-hybridized carbons (Fsp3) is 0.0714. The lowest BCUT2D eigenvalue weighted by Gasteiger charge is -2.10. The number of carbonyl (C=O) groups excluding carboxylic acids is 1. The van der Waals surface area contributed by atoms with Crippen LogP contribution < -0.4 is 10.1 Å². The van der Waals surface area contributed by atoms with Gasteiger partial charge in [-0.3, -0.25) is 4.79 Å². The third-order valence-corrected chi connectivity index (χ3v) is 3.52. The zero-order valence-electron chi connectivity index (χ0n) is 10.4. The van der Waals surface area contributed by atoms with E-state index in [1.54, 1.807) is 36.4 Å². The van der Waals surface area contributed by atoms with Crippen molar-refractivity contribution in [2.45, 2.75) is 0 Å². The summed E-state index contributed by atoms with van der Waals surface area (Å²) >= 11 is 17.9. The topological polar surface area (TPSA) is 38.3 Å². The van der Waals surface area contributed by atoms with E-state index in [1.807, 2.05) is 0 Å². The molecule has 1 amide bonds. The number of ether oxygens (including phenoxy) is 1. The van der Waals surface area contributed by atoms with Crippen LogP contribution in [0.25, 0.3) is 0 Å². The Labute approximate surface area is 131 Å². The first kappa shape index (κ1) is 15.0. The van der Waals surface area contributed by atoms with Crippen LogP contribution in [0.1, 0.15) is 10.4 Å². The number of hydrogen-bond donors (Lipinski definition) is 1. The van der Waals surface area contributed by atoms with Gasteiger partial charge in [-0.2, -0.15) is 0 Å². The van der Waals surface area contributed by atoms with E-state index in [9.17, 15) is 4.79 Å². The average Bonchev–Trinajstić information content (AvgIpc) is 2.38. The summed E-state index contributed by atoms with van der Waals surface area (Å²) < 4.78 is 5.04. The van der Waals surface area contributed by atoms with E-state index in [-0.39, 0.29) is 15.6 Å². The number of amides is 1. The third kappa shape index (κ3) is 3.18. The first-order chi connectivity index (χ1) is 9.52. The molecule has 0 spiro atoms. The molecule has 0 atom stereocenters. The summed E-state index contributed by atoms with van der Waals surface area (Å²) in [5.74, 6) is 0.127. The van der Waals surface area contributed by atoms with Crippen LogP contribution in [0.3, 0.4) is 0 Å². The minimum absolute atomic E-state index is 0.225. The highest BCUT2D eigenvalue weighted by Crippen LogP contribution is 2.29. The van der Waals surface area contributed by atoms with Crippen LogP contribution in [0.2, 0.25) is 15.1 Å². The molecular formula is C14H10Cl3NO2. The van der Waals surface area contributed by atoms with E-state index < -0.39 is 5.91 Å². The number of halogens is 3. The zero-order chi connectivity index (χ0) is 14.7. The maximum absolute atomic E-state index is 12.2. The van der Waals surface area contributed by atoms with Crippen molar-refractivity contribution < 1.29 is 9.53 Å². The van der Waals surface area contributed by atoms with Crippen molar-refractivity contribution in [3.05, 3.63) is 57.0 Å². The van der Waals surface area contributed by atoms with E-state index in [1.165, 1.54) is 7.11 Å². The number of benzene rings is 2. The monoisotopic (exact) mass is 329 g/mol. The van der Waals surface area contributed by atoms with Crippen LogP contribution in [0.15, 0.2) is 36.4 Å². The lowest BCUT2D eigenvalue weighted by molar-refractivity contribution is 0.102. The van der Waals surface area contributed by atoms with Crippen molar-refractivity contribution in [3.63, 3.8) is 0 Å². The van der Waals surface area contributed by atoms with Crippen LogP contribution in [-0.2, 0) is 0 Å². The Morgan fingerprint density at radius 1 is 1.05 bits per heavy atom. The van der Waals surface area contributed by atoms with Gasteiger partial charge in [0.15, 0.2) is 0 Å². The van der Waals surface area contributed by atoms with Crippen LogP contribution in [0.5, 0.6) is 5.75 Å². The molecule has 2 aromatic rings. The number of anilines is 1. The highest BCUT2D eigenvalue weighted by Gasteiger charge is 2.15. The van der Waals surface area contributed by atoms with Crippen molar-refractivity contribution in [2.75, 3.05) is 12.4 Å². The molecule has 3 nitrogen and oxygen atoms in total. The predicted molar refractivity (Wildman–Crippen MR) is 82.4 cm³/mol. The van der Waals surface area contributed by atoms with Gasteiger partial charge in [0.1, 0.15) is 5.75 Å². The molecule has 0 saturated heterocycles. The molecule has 1 N–H and O–H groups in total. The van der Waals surface area contributed by atoms with Gasteiger partial charge in [0.05, 0.1) is 27.7 Å². The number of hydrogen-bond acceptors (Lipinski definition) is 2. The molecule has 0 heterocycles. The van der Waals surface area contributed by atoms with Gasteiger partial charge < -0.3 is 10.1 Å². The smallest absolute Gasteiger partial charge is 0.258 e. The SMILES string of the molecule is COc1ccc(NC(=O)c2c(Cl)cccc2Cl)cc1Cl. The highest BCUT2D eigenvalue weighted by molar-refractivity contribution is 6.40. The first-order valence-electron chi connectivity index (χ1n) is 5.62. The van der Waals surface area contributed by atoms with Crippen LogP contribution >= 0.6 is 34.8 Å². The second kappa shape index (κ2) is 6.35. The molecule has 0 fully saturated rings. The Kier molecular flexibility index (Phi) is 4.76. The van der Waals surface area contributed by atoms with Gasteiger partial charge in [0.2, 0.25) is 0 Å².